The molecule has 123 heavy (non-hydrogen) atoms. The highest BCUT2D eigenvalue weighted by Gasteiger charge is 2.40. The summed E-state index contributed by atoms with van der Waals surface area (Å²) in [6, 6.07) is 53.2. The monoisotopic (exact) mass is 1690 g/mol. The molecule has 0 fully saturated rings. The first kappa shape index (κ1) is 77.4. The van der Waals surface area contributed by atoms with Crippen LogP contribution in [0.15, 0.2) is 182 Å². The lowest BCUT2D eigenvalue weighted by Crippen LogP contribution is -2.41. The molecule has 3 aliphatic heterocycles. The van der Waals surface area contributed by atoms with Crippen molar-refractivity contribution < 1.29 is 76.5 Å². The third-order valence-electron chi connectivity index (χ3n) is 25.2. The number of Topliss-reactive ketones (excluding diaryl/α,β-unsaturated/α-hetero) is 4. The Morgan fingerprint density at radius 1 is 0.285 bits per heavy atom. The maximum atomic E-state index is 15.1. The van der Waals surface area contributed by atoms with E-state index >= 15 is 4.79 Å². The number of ether oxygens (including phenoxy) is 4. The van der Waals surface area contributed by atoms with Crippen LogP contribution in [-0.4, -0.2) is 123 Å². The van der Waals surface area contributed by atoms with Gasteiger partial charge in [0.15, 0.2) is 23.1 Å². The van der Waals surface area contributed by atoms with Crippen molar-refractivity contribution in [1.82, 2.24) is 14.7 Å². The average molecular weight is 1690 g/mol. The van der Waals surface area contributed by atoms with Crippen molar-refractivity contribution in [2.24, 2.45) is 0 Å². The number of imide groups is 3. The fourth-order valence-corrected chi connectivity index (χ4v) is 19.7. The molecule has 0 spiro atoms. The topological polar surface area (TPSA) is 251 Å². The highest BCUT2D eigenvalue weighted by Crippen LogP contribution is 2.54. The maximum absolute atomic E-state index is 15.1. The number of nitrogens with zero attached hydrogens (tertiary/aromatic N) is 3. The van der Waals surface area contributed by atoms with Gasteiger partial charge >= 0.3 is 11.9 Å². The lowest BCUT2D eigenvalue weighted by atomic mass is 9.81. The summed E-state index contributed by atoms with van der Waals surface area (Å²) in [7, 11) is 0. The smallest absolute Gasteiger partial charge is 0.338 e. The highest BCUT2D eigenvalue weighted by atomic mass is 79.9. The fraction of sp³-hybridized carbons (Fsp3) is 0.184. The number of benzene rings is 17. The van der Waals surface area contributed by atoms with Crippen LogP contribution >= 0.6 is 15.9 Å². The van der Waals surface area contributed by atoms with Crippen molar-refractivity contribution in [2.75, 3.05) is 38.2 Å². The van der Waals surface area contributed by atoms with Gasteiger partial charge in [0, 0.05) is 129 Å². The summed E-state index contributed by atoms with van der Waals surface area (Å²) in [4.78, 5) is 175. The van der Waals surface area contributed by atoms with E-state index in [1.54, 1.807) is 109 Å². The van der Waals surface area contributed by atoms with Gasteiger partial charge in [-0.2, -0.15) is 0 Å². The zero-order valence-corrected chi connectivity index (χ0v) is 69.4. The van der Waals surface area contributed by atoms with Crippen LogP contribution < -0.4 is 9.47 Å². The highest BCUT2D eigenvalue weighted by molar-refractivity contribution is 9.09. The van der Waals surface area contributed by atoms with Crippen LogP contribution in [-0.2, 0) is 22.3 Å². The number of amides is 6. The van der Waals surface area contributed by atoms with Gasteiger partial charge in [-0.05, 0) is 225 Å². The second-order valence-corrected chi connectivity index (χ2v) is 33.0. The Kier molecular flexibility index (Phi) is 18.6. The van der Waals surface area contributed by atoms with E-state index in [0.29, 0.717) is 145 Å². The molecule has 604 valence electrons. The van der Waals surface area contributed by atoms with Gasteiger partial charge in [-0.3, -0.25) is 62.6 Å². The van der Waals surface area contributed by atoms with Crippen molar-refractivity contribution in [3.8, 4) is 23.0 Å². The minimum absolute atomic E-state index is 0.0115. The number of carbonyl (C=O) groups excluding carboxylic acids is 12. The van der Waals surface area contributed by atoms with Gasteiger partial charge in [-0.25, -0.2) is 9.59 Å². The van der Waals surface area contributed by atoms with E-state index in [4.69, 9.17) is 18.9 Å². The third kappa shape index (κ3) is 11.8. The molecule has 17 aromatic rings. The van der Waals surface area contributed by atoms with Crippen molar-refractivity contribution in [3.05, 3.63) is 260 Å². The van der Waals surface area contributed by atoms with Gasteiger partial charge in [0.05, 0.1) is 29.9 Å². The number of fused-ring (bicyclic) bond motifs is 6. The Morgan fingerprint density at radius 2 is 0.577 bits per heavy atom. The summed E-state index contributed by atoms with van der Waals surface area (Å²) in [6.45, 7) is 10.4. The van der Waals surface area contributed by atoms with Crippen LogP contribution in [0.3, 0.4) is 0 Å². The van der Waals surface area contributed by atoms with Gasteiger partial charge < -0.3 is 18.9 Å². The number of hydrogen-bond donors (Lipinski definition) is 0. The number of ketones is 4. The van der Waals surface area contributed by atoms with E-state index < -0.39 is 47.4 Å². The second kappa shape index (κ2) is 29.6. The van der Waals surface area contributed by atoms with Gasteiger partial charge in [0.2, 0.25) is 0 Å². The first-order chi connectivity index (χ1) is 59.6. The van der Waals surface area contributed by atoms with Crippen LogP contribution in [0.1, 0.15) is 209 Å². The van der Waals surface area contributed by atoms with E-state index in [0.717, 1.165) is 77.8 Å². The van der Waals surface area contributed by atoms with Crippen molar-refractivity contribution in [1.29, 1.82) is 0 Å². The Labute approximate surface area is 710 Å². The molecule has 6 amide bonds. The van der Waals surface area contributed by atoms with Crippen LogP contribution in [0, 0.1) is 0 Å². The quantitative estimate of drug-likeness (QED) is 0.00980. The van der Waals surface area contributed by atoms with Gasteiger partial charge in [0.1, 0.15) is 23.0 Å². The largest absolute Gasteiger partial charge is 0.462 e. The summed E-state index contributed by atoms with van der Waals surface area (Å²) < 4.78 is 25.5. The molecule has 0 radical (unpaired) electrons. The molecule has 20 heteroatoms. The number of rotatable bonds is 25. The molecule has 17 aromatic carbocycles. The summed E-state index contributed by atoms with van der Waals surface area (Å²) in [5.74, 6) is -3.88. The van der Waals surface area contributed by atoms with E-state index in [-0.39, 0.29) is 114 Å². The van der Waals surface area contributed by atoms with Gasteiger partial charge in [-0.1, -0.05) is 146 Å². The molecule has 0 aliphatic carbocycles. The number of esters is 2. The minimum atomic E-state index is -0.560. The lowest BCUT2D eigenvalue weighted by molar-refractivity contribution is 0.0497. The second-order valence-electron chi connectivity index (χ2n) is 32.2. The molecule has 0 atom stereocenters. The first-order valence-corrected chi connectivity index (χ1v) is 42.5. The van der Waals surface area contributed by atoms with Crippen LogP contribution in [0.2, 0.25) is 0 Å². The minimum Gasteiger partial charge on any atom is -0.462 e. The number of hydrogen-bond acceptors (Lipinski definition) is 16. The third-order valence-corrected chi connectivity index (χ3v) is 25.7. The lowest BCUT2D eigenvalue weighted by Gasteiger charge is -2.29. The molecule has 19 nitrogen and oxygen atoms in total. The van der Waals surface area contributed by atoms with E-state index in [1.807, 2.05) is 86.6 Å². The molecule has 0 aromatic heterocycles. The molecule has 20 rings (SSSR count). The van der Waals surface area contributed by atoms with Crippen molar-refractivity contribution >= 4 is 216 Å². The van der Waals surface area contributed by atoms with Crippen LogP contribution in [0.5, 0.6) is 23.0 Å². The summed E-state index contributed by atoms with van der Waals surface area (Å²) in [5, 5.41) is 15.2. The molecular formula is C103H74BrN3O16. The Bertz CT molecular complexity index is 7470. The standard InChI is InChI=1S/C103H74BrN3O16/c1-7-9-46-120-102(118)76-38-29-67-65-27-35-73-89-74(36-28-66(86(65)89)68-30-39-77(91(76)87(67)68)103(119)121-47-10-8-2)100(116)107(99(73)115)45-41-55-14-18-57(19-15-55)123-81-49-79-90-75(96(112)105(101(79)117)43-11-42-104)37-32-70-92-80(48-78(53(6)111)83-60(52(5)110)22-31-69(94(83)92)93(81)95(70)90)122-56-16-12-54(13-17-56)40-44-106-97(113)71-33-25-63-61-23-20-58(50(3)108)82-59(51(4)109)21-24-62(84(61)82)64-26-34-72(98(106)114)88(71)85(63)64/h12-39,48-49H,7-11,40-47H2,1-6H3. The summed E-state index contributed by atoms with van der Waals surface area (Å²) in [6.07, 6.45) is 3.95. The molecule has 0 saturated heterocycles. The summed E-state index contributed by atoms with van der Waals surface area (Å²) in [5.41, 5.74) is 5.22. The first-order valence-electron chi connectivity index (χ1n) is 41.3. The normalized spacial score (nSPS) is 13.5. The number of alkyl halides is 1. The molecule has 0 bridgehead atoms. The molecule has 0 N–H and O–H groups in total. The van der Waals surface area contributed by atoms with Crippen LogP contribution in [0.4, 0.5) is 0 Å². The van der Waals surface area contributed by atoms with Gasteiger partial charge in [-0.15, -0.1) is 0 Å². The van der Waals surface area contributed by atoms with E-state index in [9.17, 15) is 52.7 Å². The van der Waals surface area contributed by atoms with E-state index in [2.05, 4.69) is 15.9 Å². The Balaban J connectivity index is 0.615. The molecule has 0 saturated carbocycles. The van der Waals surface area contributed by atoms with Crippen molar-refractivity contribution in [2.45, 2.75) is 86.5 Å². The number of unbranched alkanes of at least 4 members (excludes halogenated alkanes) is 2. The summed E-state index contributed by atoms with van der Waals surface area (Å²) >= 11 is 3.49. The predicted molar refractivity (Wildman–Crippen MR) is 478 cm³/mol. The SMILES string of the molecule is CCCCOC(=O)c1ccc2c3ccc4c5c(ccc(c6ccc(C(=O)OCCCC)c1c26)c53)C(=O)N(CCc1ccc(Oc2cc3c5c(ccc6c7c(Oc8ccc(CCN9C(=O)c%10ccc%11c%12ccc(C(C)=O)c%13c(C(C)=O)ccc(c%14ccc(c%10c%11%14)C9=O)c%13%12)cc8)cc(C(C)=O)c8c(C(C)=O)ccc(c2c56)c87)C(=O)N(CCCBr)C3=O)cc1)C4=O. The maximum Gasteiger partial charge on any atom is 0.338 e. The average Bonchev–Trinajstić information content (AvgIpc) is 0.694. The molecule has 3 aliphatic rings. The zero-order chi connectivity index (χ0) is 85.1. The Hall–Kier alpha value is -14.2. The molecule has 3 heterocycles. The van der Waals surface area contributed by atoms with Crippen molar-refractivity contribution in [3.63, 3.8) is 0 Å². The molecular weight excluding hydrogens is 1620 g/mol. The van der Waals surface area contributed by atoms with Crippen LogP contribution in [0.25, 0.3) is 129 Å². The van der Waals surface area contributed by atoms with Gasteiger partial charge in [0.25, 0.3) is 35.4 Å². The van der Waals surface area contributed by atoms with E-state index in [1.165, 1.54) is 42.4 Å². The fourth-order valence-electron chi connectivity index (χ4n) is 19.5. The number of halogens is 1. The number of carbonyl (C=O) groups is 12. The predicted octanol–water partition coefficient (Wildman–Crippen LogP) is 22.2. The zero-order valence-electron chi connectivity index (χ0n) is 67.8. The molecule has 0 unspecified atom stereocenters. The Morgan fingerprint density at radius 3 is 0.943 bits per heavy atom.